The summed E-state index contributed by atoms with van der Waals surface area (Å²) < 4.78 is 16.2. The quantitative estimate of drug-likeness (QED) is 0.463. The lowest BCUT2D eigenvalue weighted by atomic mass is 10.1. The van der Waals surface area contributed by atoms with Gasteiger partial charge in [0.1, 0.15) is 17.3 Å². The molecule has 3 amide bonds. The smallest absolute Gasteiger partial charge is 0.262 e. The average Bonchev–Trinajstić information content (AvgIpc) is 3.53. The largest absolute Gasteiger partial charge is 0.494 e. The minimum Gasteiger partial charge on any atom is -0.494 e. The van der Waals surface area contributed by atoms with Gasteiger partial charge in [0.2, 0.25) is 11.8 Å². The number of furan rings is 1. The zero-order valence-corrected chi connectivity index (χ0v) is 19.4. The summed E-state index contributed by atoms with van der Waals surface area (Å²) in [6.07, 6.45) is 1.69. The Morgan fingerprint density at radius 2 is 1.74 bits per heavy atom. The van der Waals surface area contributed by atoms with E-state index < -0.39 is 5.92 Å². The first-order chi connectivity index (χ1) is 17.0. The molecule has 2 N–H and O–H groups in total. The summed E-state index contributed by atoms with van der Waals surface area (Å²) in [6.45, 7) is 2.91. The summed E-state index contributed by atoms with van der Waals surface area (Å²) in [5.41, 5.74) is 1.32. The van der Waals surface area contributed by atoms with Gasteiger partial charge in [-0.05, 0) is 67.6 Å². The maximum atomic E-state index is 12.5. The molecular weight excluding hydrogens is 450 g/mol. The number of benzene rings is 2. The highest BCUT2D eigenvalue weighted by Gasteiger charge is 2.35. The molecule has 1 saturated heterocycles. The molecule has 3 aromatic rings. The number of amides is 3. The number of anilines is 2. The molecule has 0 spiro atoms. The minimum atomic E-state index is -0.431. The van der Waals surface area contributed by atoms with E-state index in [0.29, 0.717) is 36.0 Å². The summed E-state index contributed by atoms with van der Waals surface area (Å²) in [6, 6.07) is 17.5. The van der Waals surface area contributed by atoms with Crippen molar-refractivity contribution in [2.24, 2.45) is 5.92 Å². The molecule has 0 radical (unpaired) electrons. The Morgan fingerprint density at radius 1 is 1.03 bits per heavy atom. The monoisotopic (exact) mass is 477 g/mol. The number of nitrogens with one attached hydrogen (secondary N) is 2. The molecule has 4 rings (SSSR count). The molecule has 9 nitrogen and oxygen atoms in total. The van der Waals surface area contributed by atoms with Crippen molar-refractivity contribution in [3.8, 4) is 11.5 Å². The second-order valence-corrected chi connectivity index (χ2v) is 7.99. The molecule has 9 heteroatoms. The lowest BCUT2D eigenvalue weighted by Crippen LogP contribution is -2.32. The third kappa shape index (κ3) is 6.41. The highest BCUT2D eigenvalue weighted by Crippen LogP contribution is 2.27. The van der Waals surface area contributed by atoms with Gasteiger partial charge in [-0.25, -0.2) is 0 Å². The first kappa shape index (κ1) is 23.9. The number of carbonyl (C=O) groups is 3. The predicted molar refractivity (Wildman–Crippen MR) is 129 cm³/mol. The van der Waals surface area contributed by atoms with Crippen LogP contribution in [0.3, 0.4) is 0 Å². The highest BCUT2D eigenvalue weighted by molar-refractivity contribution is 6.00. The molecule has 0 unspecified atom stereocenters. The van der Waals surface area contributed by atoms with E-state index in [9.17, 15) is 14.4 Å². The zero-order valence-electron chi connectivity index (χ0n) is 19.4. The van der Waals surface area contributed by atoms with Crippen LogP contribution in [0.2, 0.25) is 0 Å². The SMILES string of the molecule is CCOc1ccc(NC(=O)COc2ccc(N3C[C@@H](C(=O)NCc4ccco4)CC3=O)cc2)cc1. The van der Waals surface area contributed by atoms with Crippen LogP contribution in [0.1, 0.15) is 19.1 Å². The molecule has 0 aliphatic carbocycles. The second kappa shape index (κ2) is 11.2. The van der Waals surface area contributed by atoms with Gasteiger partial charge in [-0.2, -0.15) is 0 Å². The Bertz CT molecular complexity index is 1140. The number of carbonyl (C=O) groups excluding carboxylic acids is 3. The number of nitrogens with zero attached hydrogens (tertiary/aromatic N) is 1. The van der Waals surface area contributed by atoms with Crippen molar-refractivity contribution in [3.05, 3.63) is 72.7 Å². The van der Waals surface area contributed by atoms with Gasteiger partial charge in [-0.3, -0.25) is 14.4 Å². The lowest BCUT2D eigenvalue weighted by Gasteiger charge is -2.17. The van der Waals surface area contributed by atoms with Crippen LogP contribution in [0.5, 0.6) is 11.5 Å². The number of hydrogen-bond acceptors (Lipinski definition) is 6. The molecular formula is C26H27N3O6. The maximum absolute atomic E-state index is 12.5. The second-order valence-electron chi connectivity index (χ2n) is 7.99. The van der Waals surface area contributed by atoms with E-state index in [2.05, 4.69) is 10.6 Å². The van der Waals surface area contributed by atoms with Gasteiger partial charge in [0.15, 0.2) is 6.61 Å². The van der Waals surface area contributed by atoms with Crippen molar-refractivity contribution in [1.82, 2.24) is 5.32 Å². The van der Waals surface area contributed by atoms with Crippen LogP contribution in [0.25, 0.3) is 0 Å². The van der Waals surface area contributed by atoms with E-state index in [1.165, 1.54) is 0 Å². The van der Waals surface area contributed by atoms with E-state index >= 15 is 0 Å². The summed E-state index contributed by atoms with van der Waals surface area (Å²) in [4.78, 5) is 38.7. The third-order valence-corrected chi connectivity index (χ3v) is 5.48. The van der Waals surface area contributed by atoms with Crippen LogP contribution in [-0.4, -0.2) is 37.5 Å². The summed E-state index contributed by atoms with van der Waals surface area (Å²) >= 11 is 0. The summed E-state index contributed by atoms with van der Waals surface area (Å²) in [5, 5.41) is 5.57. The molecule has 0 bridgehead atoms. The predicted octanol–water partition coefficient (Wildman–Crippen LogP) is 3.37. The third-order valence-electron chi connectivity index (χ3n) is 5.48. The fourth-order valence-corrected chi connectivity index (χ4v) is 3.73. The Labute approximate surface area is 203 Å². The Morgan fingerprint density at radius 3 is 2.43 bits per heavy atom. The molecule has 2 heterocycles. The fourth-order valence-electron chi connectivity index (χ4n) is 3.73. The highest BCUT2D eigenvalue weighted by atomic mass is 16.5. The molecule has 2 aromatic carbocycles. The first-order valence-electron chi connectivity index (χ1n) is 11.4. The van der Waals surface area contributed by atoms with Gasteiger partial charge in [0.25, 0.3) is 5.91 Å². The zero-order chi connectivity index (χ0) is 24.6. The van der Waals surface area contributed by atoms with Crippen molar-refractivity contribution < 1.29 is 28.3 Å². The van der Waals surface area contributed by atoms with E-state index in [1.54, 1.807) is 71.8 Å². The molecule has 1 aliphatic heterocycles. The fraction of sp³-hybridized carbons (Fsp3) is 0.269. The van der Waals surface area contributed by atoms with Crippen molar-refractivity contribution >= 4 is 29.1 Å². The normalized spacial score (nSPS) is 15.1. The summed E-state index contributed by atoms with van der Waals surface area (Å²) in [5.74, 6) is 0.857. The number of hydrogen-bond donors (Lipinski definition) is 2. The minimum absolute atomic E-state index is 0.119. The Balaban J connectivity index is 1.24. The molecule has 1 atom stereocenters. The van der Waals surface area contributed by atoms with Crippen LogP contribution in [0.15, 0.2) is 71.3 Å². The van der Waals surface area contributed by atoms with Gasteiger partial charge >= 0.3 is 0 Å². The Kier molecular flexibility index (Phi) is 7.67. The standard InChI is InChI=1S/C26H27N3O6/c1-2-33-21-9-5-19(6-10-21)28-24(30)17-35-22-11-7-20(8-12-22)29-16-18(14-25(29)31)26(32)27-15-23-4-3-13-34-23/h3-13,18H,2,14-17H2,1H3,(H,27,32)(H,28,30)/t18-/m0/s1. The number of ether oxygens (including phenoxy) is 2. The van der Waals surface area contributed by atoms with Crippen molar-refractivity contribution in [2.45, 2.75) is 19.9 Å². The van der Waals surface area contributed by atoms with E-state index in [0.717, 1.165) is 5.75 Å². The maximum Gasteiger partial charge on any atom is 0.262 e. The molecule has 1 aliphatic rings. The molecule has 35 heavy (non-hydrogen) atoms. The van der Waals surface area contributed by atoms with Gasteiger partial charge in [-0.15, -0.1) is 0 Å². The average molecular weight is 478 g/mol. The Hall–Kier alpha value is -4.27. The molecule has 1 fully saturated rings. The first-order valence-corrected chi connectivity index (χ1v) is 11.4. The summed E-state index contributed by atoms with van der Waals surface area (Å²) in [7, 11) is 0. The van der Waals surface area contributed by atoms with Crippen molar-refractivity contribution in [1.29, 1.82) is 0 Å². The molecule has 0 saturated carbocycles. The lowest BCUT2D eigenvalue weighted by molar-refractivity contribution is -0.126. The van der Waals surface area contributed by atoms with Crippen molar-refractivity contribution in [2.75, 3.05) is 30.0 Å². The topological polar surface area (TPSA) is 110 Å². The van der Waals surface area contributed by atoms with Crippen LogP contribution >= 0.6 is 0 Å². The van der Waals surface area contributed by atoms with E-state index in [4.69, 9.17) is 13.9 Å². The van der Waals surface area contributed by atoms with E-state index in [1.807, 2.05) is 6.92 Å². The van der Waals surface area contributed by atoms with Crippen LogP contribution in [-0.2, 0) is 20.9 Å². The number of rotatable bonds is 10. The molecule has 182 valence electrons. The van der Waals surface area contributed by atoms with E-state index in [-0.39, 0.29) is 37.3 Å². The van der Waals surface area contributed by atoms with Crippen molar-refractivity contribution in [3.63, 3.8) is 0 Å². The van der Waals surface area contributed by atoms with Crippen LogP contribution in [0.4, 0.5) is 11.4 Å². The van der Waals surface area contributed by atoms with Gasteiger partial charge in [0, 0.05) is 24.3 Å². The van der Waals surface area contributed by atoms with Gasteiger partial charge in [0.05, 0.1) is 25.3 Å². The van der Waals surface area contributed by atoms with Gasteiger partial charge in [-0.1, -0.05) is 0 Å². The van der Waals surface area contributed by atoms with Crippen LogP contribution < -0.4 is 25.0 Å². The van der Waals surface area contributed by atoms with Crippen LogP contribution in [0, 0.1) is 5.92 Å². The molecule has 1 aromatic heterocycles. The van der Waals surface area contributed by atoms with Gasteiger partial charge < -0.3 is 29.4 Å².